The lowest BCUT2D eigenvalue weighted by atomic mass is 10.1. The predicted molar refractivity (Wildman–Crippen MR) is 117 cm³/mol. The average molecular weight is 510 g/mol. The normalized spacial score (nSPS) is 17.4. The summed E-state index contributed by atoms with van der Waals surface area (Å²) in [4.78, 5) is 45.3. The van der Waals surface area contributed by atoms with Gasteiger partial charge in [-0.25, -0.2) is 9.37 Å². The van der Waals surface area contributed by atoms with Crippen LogP contribution in [-0.2, 0) is 16.1 Å². The molecule has 1 atom stereocenters. The second kappa shape index (κ2) is 9.63. The molecule has 0 saturated carbocycles. The van der Waals surface area contributed by atoms with E-state index in [0.29, 0.717) is 0 Å². The molecule has 1 aromatic heterocycles. The molecule has 9 nitrogen and oxygen atoms in total. The fraction of sp³-hybridized carbons (Fsp3) is 0.391. The van der Waals surface area contributed by atoms with E-state index >= 15 is 0 Å². The summed E-state index contributed by atoms with van der Waals surface area (Å²) in [6.07, 6.45) is -4.05. The number of ether oxygens (including phenoxy) is 2. The Hall–Kier alpha value is -3.90. The Morgan fingerprint density at radius 3 is 2.61 bits per heavy atom. The molecule has 0 radical (unpaired) electrons. The molecule has 2 aliphatic heterocycles. The highest BCUT2D eigenvalue weighted by atomic mass is 19.4. The molecule has 2 aliphatic rings. The number of pyridine rings is 1. The molecule has 3 amide bonds. The SMILES string of the molecule is CN(C)C(=O)CN1Cc2c(F)cc(N3CC[C@@H](Oc4ccc(OCC(F)(F)F)nc4)C3=O)cc2C1=O. The zero-order valence-electron chi connectivity index (χ0n) is 19.3. The highest BCUT2D eigenvalue weighted by molar-refractivity contribution is 6.03. The largest absolute Gasteiger partial charge is 0.479 e. The molecule has 3 heterocycles. The number of nitrogens with zero attached hydrogens (tertiary/aromatic N) is 4. The third kappa shape index (κ3) is 5.34. The summed E-state index contributed by atoms with van der Waals surface area (Å²) in [7, 11) is 3.11. The molecule has 4 rings (SSSR count). The molecule has 0 spiro atoms. The second-order valence-corrected chi connectivity index (χ2v) is 8.52. The number of rotatable bonds is 7. The summed E-state index contributed by atoms with van der Waals surface area (Å²) >= 11 is 0. The number of halogens is 4. The first-order valence-electron chi connectivity index (χ1n) is 10.9. The smallest absolute Gasteiger partial charge is 0.422 e. The van der Waals surface area contributed by atoms with Crippen LogP contribution >= 0.6 is 0 Å². The van der Waals surface area contributed by atoms with Gasteiger partial charge >= 0.3 is 6.18 Å². The third-order valence-electron chi connectivity index (χ3n) is 5.71. The van der Waals surface area contributed by atoms with Crippen molar-refractivity contribution in [2.75, 3.05) is 38.7 Å². The molecule has 2 aromatic rings. The molecule has 13 heteroatoms. The van der Waals surface area contributed by atoms with E-state index in [-0.39, 0.29) is 60.4 Å². The molecule has 0 unspecified atom stereocenters. The molecule has 1 saturated heterocycles. The van der Waals surface area contributed by atoms with Crippen LogP contribution in [0, 0.1) is 5.82 Å². The zero-order valence-corrected chi connectivity index (χ0v) is 19.3. The Balaban J connectivity index is 1.43. The summed E-state index contributed by atoms with van der Waals surface area (Å²) in [6.45, 7) is -1.53. The molecule has 1 aromatic carbocycles. The van der Waals surface area contributed by atoms with Crippen LogP contribution in [0.15, 0.2) is 30.5 Å². The van der Waals surface area contributed by atoms with E-state index in [9.17, 15) is 31.9 Å². The molecule has 36 heavy (non-hydrogen) atoms. The number of fused-ring (bicyclic) bond motifs is 1. The van der Waals surface area contributed by atoms with Crippen molar-refractivity contribution in [1.29, 1.82) is 0 Å². The van der Waals surface area contributed by atoms with Crippen LogP contribution < -0.4 is 14.4 Å². The second-order valence-electron chi connectivity index (χ2n) is 8.52. The van der Waals surface area contributed by atoms with Gasteiger partial charge in [-0.15, -0.1) is 0 Å². The van der Waals surface area contributed by atoms with Crippen molar-refractivity contribution in [2.24, 2.45) is 0 Å². The number of amides is 3. The summed E-state index contributed by atoms with van der Waals surface area (Å²) in [5.41, 5.74) is 0.437. The third-order valence-corrected chi connectivity index (χ3v) is 5.71. The molecule has 0 aliphatic carbocycles. The van der Waals surface area contributed by atoms with E-state index in [0.717, 1.165) is 12.3 Å². The number of anilines is 1. The number of hydrogen-bond donors (Lipinski definition) is 0. The first kappa shape index (κ1) is 25.2. The minimum absolute atomic E-state index is 0.0464. The van der Waals surface area contributed by atoms with Crippen molar-refractivity contribution >= 4 is 23.4 Å². The number of likely N-dealkylation sites (N-methyl/N-ethyl adjacent to an activating group) is 1. The van der Waals surface area contributed by atoms with Gasteiger partial charge in [-0.1, -0.05) is 0 Å². The Morgan fingerprint density at radius 2 is 1.97 bits per heavy atom. The van der Waals surface area contributed by atoms with Crippen LogP contribution in [-0.4, -0.2) is 78.6 Å². The monoisotopic (exact) mass is 510 g/mol. The molecule has 0 bridgehead atoms. The number of alkyl halides is 3. The van der Waals surface area contributed by atoms with Gasteiger partial charge in [-0.2, -0.15) is 13.2 Å². The average Bonchev–Trinajstić information content (AvgIpc) is 3.33. The van der Waals surface area contributed by atoms with Crippen molar-refractivity contribution in [3.63, 3.8) is 0 Å². The Bertz CT molecular complexity index is 1190. The minimum Gasteiger partial charge on any atom is -0.479 e. The first-order valence-corrected chi connectivity index (χ1v) is 10.9. The fourth-order valence-corrected chi connectivity index (χ4v) is 3.86. The number of carbonyl (C=O) groups is 3. The Morgan fingerprint density at radius 1 is 1.22 bits per heavy atom. The van der Waals surface area contributed by atoms with E-state index in [1.54, 1.807) is 14.1 Å². The maximum Gasteiger partial charge on any atom is 0.422 e. The van der Waals surface area contributed by atoms with Gasteiger partial charge in [0, 0.05) is 49.9 Å². The van der Waals surface area contributed by atoms with Crippen LogP contribution in [0.25, 0.3) is 0 Å². The highest BCUT2D eigenvalue weighted by Crippen LogP contribution is 2.33. The molecular formula is C23H22F4N4O5. The van der Waals surface area contributed by atoms with Crippen molar-refractivity contribution in [1.82, 2.24) is 14.8 Å². The van der Waals surface area contributed by atoms with Gasteiger partial charge in [0.2, 0.25) is 11.8 Å². The van der Waals surface area contributed by atoms with E-state index in [1.165, 1.54) is 32.9 Å². The summed E-state index contributed by atoms with van der Waals surface area (Å²) in [6, 6.07) is 5.10. The standard InChI is InChI=1S/C23H22F4N4O5/c1-29(2)20(32)11-30-10-16-15(21(30)33)7-13(8-17(16)24)31-6-5-18(22(31)34)36-14-3-4-19(28-9-14)35-12-23(25,26)27/h3-4,7-9,18H,5-6,10-12H2,1-2H3/t18-/m1/s1. The van der Waals surface area contributed by atoms with E-state index in [1.807, 2.05) is 0 Å². The zero-order chi connectivity index (χ0) is 26.2. The predicted octanol–water partition coefficient (Wildman–Crippen LogP) is 2.39. The molecule has 192 valence electrons. The quantitative estimate of drug-likeness (QED) is 0.532. The van der Waals surface area contributed by atoms with E-state index in [2.05, 4.69) is 9.72 Å². The van der Waals surface area contributed by atoms with Gasteiger partial charge in [0.25, 0.3) is 11.8 Å². The van der Waals surface area contributed by atoms with Crippen LogP contribution in [0.4, 0.5) is 23.2 Å². The number of benzene rings is 1. The number of hydrogen-bond acceptors (Lipinski definition) is 6. The first-order chi connectivity index (χ1) is 16.9. The number of carbonyl (C=O) groups excluding carboxylic acids is 3. The summed E-state index contributed by atoms with van der Waals surface area (Å²) < 4.78 is 61.8. The van der Waals surface area contributed by atoms with Crippen molar-refractivity contribution in [3.05, 3.63) is 47.4 Å². The van der Waals surface area contributed by atoms with Crippen molar-refractivity contribution < 1.29 is 41.4 Å². The highest BCUT2D eigenvalue weighted by Gasteiger charge is 2.37. The molecule has 1 fully saturated rings. The van der Waals surface area contributed by atoms with Gasteiger partial charge in [0.15, 0.2) is 12.7 Å². The van der Waals surface area contributed by atoms with E-state index < -0.39 is 36.5 Å². The lowest BCUT2D eigenvalue weighted by Crippen LogP contribution is -2.36. The van der Waals surface area contributed by atoms with Gasteiger partial charge < -0.3 is 24.2 Å². The van der Waals surface area contributed by atoms with Crippen LogP contribution in [0.3, 0.4) is 0 Å². The van der Waals surface area contributed by atoms with Gasteiger partial charge in [0.1, 0.15) is 18.1 Å². The summed E-state index contributed by atoms with van der Waals surface area (Å²) in [5.74, 6) is -2.05. The van der Waals surface area contributed by atoms with Crippen LogP contribution in [0.2, 0.25) is 0 Å². The summed E-state index contributed by atoms with van der Waals surface area (Å²) in [5, 5.41) is 0. The fourth-order valence-electron chi connectivity index (χ4n) is 3.86. The van der Waals surface area contributed by atoms with Gasteiger partial charge in [-0.05, 0) is 18.2 Å². The van der Waals surface area contributed by atoms with Crippen molar-refractivity contribution in [3.8, 4) is 11.6 Å². The maximum absolute atomic E-state index is 14.9. The lowest BCUT2D eigenvalue weighted by molar-refractivity contribution is -0.154. The maximum atomic E-state index is 14.9. The Kier molecular flexibility index (Phi) is 6.74. The Labute approximate surface area is 203 Å². The topological polar surface area (TPSA) is 92.3 Å². The van der Waals surface area contributed by atoms with Crippen molar-refractivity contribution in [2.45, 2.75) is 25.2 Å². The number of aromatic nitrogens is 1. The van der Waals surface area contributed by atoms with Crippen LogP contribution in [0.5, 0.6) is 11.6 Å². The lowest BCUT2D eigenvalue weighted by Gasteiger charge is -2.18. The molecule has 0 N–H and O–H groups in total. The van der Waals surface area contributed by atoms with E-state index in [4.69, 9.17) is 4.74 Å². The van der Waals surface area contributed by atoms with Gasteiger partial charge in [0.05, 0.1) is 12.7 Å². The molecular weight excluding hydrogens is 488 g/mol. The minimum atomic E-state index is -4.50. The van der Waals surface area contributed by atoms with Gasteiger partial charge in [-0.3, -0.25) is 14.4 Å². The van der Waals surface area contributed by atoms with Crippen LogP contribution in [0.1, 0.15) is 22.3 Å².